The molecule has 0 unspecified atom stereocenters. The number of hydrogen-bond donors (Lipinski definition) is 0. The molecule has 0 spiro atoms. The molecule has 3 amide bonds. The minimum Gasteiger partial charge on any atom is -0.459 e. The van der Waals surface area contributed by atoms with Crippen molar-refractivity contribution in [3.63, 3.8) is 0 Å². The lowest BCUT2D eigenvalue weighted by Crippen LogP contribution is -2.46. The predicted octanol–water partition coefficient (Wildman–Crippen LogP) is 3.54. The molecular weight excluding hydrogens is 420 g/mol. The summed E-state index contributed by atoms with van der Waals surface area (Å²) >= 11 is 0. The van der Waals surface area contributed by atoms with Gasteiger partial charge in [0, 0.05) is 5.69 Å². The van der Waals surface area contributed by atoms with E-state index >= 15 is 0 Å². The zero-order valence-corrected chi connectivity index (χ0v) is 19.2. The van der Waals surface area contributed by atoms with E-state index < -0.39 is 35.8 Å². The van der Waals surface area contributed by atoms with Crippen LogP contribution >= 0.6 is 0 Å². The Morgan fingerprint density at radius 3 is 2.21 bits per heavy atom. The second kappa shape index (κ2) is 8.81. The van der Waals surface area contributed by atoms with Crippen LogP contribution in [0.15, 0.2) is 42.5 Å². The molecule has 0 bridgehead atoms. The number of carbonyl (C=O) groups is 4. The van der Waals surface area contributed by atoms with E-state index in [1.165, 1.54) is 4.90 Å². The minimum absolute atomic E-state index is 0.283. The molecular formula is C26H28N2O5. The van der Waals surface area contributed by atoms with Crippen LogP contribution in [0.4, 0.5) is 5.69 Å². The quantitative estimate of drug-likeness (QED) is 0.516. The average Bonchev–Trinajstić information content (AvgIpc) is 3.01. The first-order valence-electron chi connectivity index (χ1n) is 11.2. The molecule has 2 aromatic carbocycles. The Balaban J connectivity index is 1.64. The average molecular weight is 449 g/mol. The lowest BCUT2D eigenvalue weighted by Gasteiger charge is -2.30. The summed E-state index contributed by atoms with van der Waals surface area (Å²) in [6.45, 7) is 4.55. The second-order valence-corrected chi connectivity index (χ2v) is 9.43. The van der Waals surface area contributed by atoms with Gasteiger partial charge in [-0.25, -0.2) is 0 Å². The van der Waals surface area contributed by atoms with E-state index in [2.05, 4.69) is 0 Å². The van der Waals surface area contributed by atoms with Crippen LogP contribution in [0.25, 0.3) is 0 Å². The van der Waals surface area contributed by atoms with Crippen LogP contribution in [0.2, 0.25) is 0 Å². The van der Waals surface area contributed by atoms with Gasteiger partial charge in [0.1, 0.15) is 18.7 Å². The summed E-state index contributed by atoms with van der Waals surface area (Å²) in [5.41, 5.74) is 2.69. The second-order valence-electron chi connectivity index (χ2n) is 9.43. The Bertz CT molecular complexity index is 1100. The number of fused-ring (bicyclic) bond motifs is 2. The minimum atomic E-state index is -0.704. The highest BCUT2D eigenvalue weighted by Crippen LogP contribution is 2.31. The summed E-state index contributed by atoms with van der Waals surface area (Å²) in [6, 6.07) is 12.2. The van der Waals surface area contributed by atoms with Crippen molar-refractivity contribution in [2.45, 2.75) is 52.1 Å². The van der Waals surface area contributed by atoms with E-state index in [1.54, 1.807) is 45.0 Å². The van der Waals surface area contributed by atoms with E-state index in [-0.39, 0.29) is 17.7 Å². The number of ether oxygens (including phenoxy) is 1. The summed E-state index contributed by atoms with van der Waals surface area (Å²) in [4.78, 5) is 54.1. The largest absolute Gasteiger partial charge is 0.459 e. The molecule has 0 radical (unpaired) electrons. The predicted molar refractivity (Wildman–Crippen MR) is 123 cm³/mol. The maximum Gasteiger partial charge on any atom is 0.326 e. The van der Waals surface area contributed by atoms with Crippen molar-refractivity contribution in [3.05, 3.63) is 64.7 Å². The molecule has 2 aromatic rings. The van der Waals surface area contributed by atoms with Gasteiger partial charge < -0.3 is 4.74 Å². The highest BCUT2D eigenvalue weighted by atomic mass is 16.6. The van der Waals surface area contributed by atoms with E-state index in [4.69, 9.17) is 4.74 Å². The molecule has 33 heavy (non-hydrogen) atoms. The smallest absolute Gasteiger partial charge is 0.326 e. The molecule has 1 aliphatic carbocycles. The van der Waals surface area contributed by atoms with Gasteiger partial charge in [-0.05, 0) is 75.8 Å². The maximum absolute atomic E-state index is 13.5. The first-order chi connectivity index (χ1) is 15.7. The van der Waals surface area contributed by atoms with Crippen molar-refractivity contribution >= 4 is 29.4 Å². The Labute approximate surface area is 193 Å². The lowest BCUT2D eigenvalue weighted by atomic mass is 9.90. The topological polar surface area (TPSA) is 84.0 Å². The van der Waals surface area contributed by atoms with Crippen LogP contribution in [0.3, 0.4) is 0 Å². The number of rotatable bonds is 5. The molecule has 7 nitrogen and oxygen atoms in total. The molecule has 0 saturated heterocycles. The molecule has 7 heteroatoms. The molecule has 0 saturated carbocycles. The summed E-state index contributed by atoms with van der Waals surface area (Å²) < 4.78 is 5.47. The molecule has 0 atom stereocenters. The Morgan fingerprint density at radius 1 is 0.939 bits per heavy atom. The van der Waals surface area contributed by atoms with Gasteiger partial charge in [-0.2, -0.15) is 0 Å². The van der Waals surface area contributed by atoms with Crippen LogP contribution in [-0.4, -0.2) is 47.3 Å². The number of carbonyl (C=O) groups excluding carboxylic acids is 4. The molecule has 1 aliphatic heterocycles. The zero-order chi connectivity index (χ0) is 23.8. The molecule has 0 fully saturated rings. The molecule has 1 heterocycles. The third-order valence-corrected chi connectivity index (χ3v) is 5.84. The number of aryl methyl sites for hydroxylation is 1. The normalized spacial score (nSPS) is 15.2. The molecule has 0 aromatic heterocycles. The highest BCUT2D eigenvalue weighted by Gasteiger charge is 2.38. The molecule has 172 valence electrons. The van der Waals surface area contributed by atoms with Crippen LogP contribution in [0, 0.1) is 0 Å². The van der Waals surface area contributed by atoms with Gasteiger partial charge in [-0.3, -0.25) is 29.0 Å². The van der Waals surface area contributed by atoms with E-state index in [0.717, 1.165) is 41.7 Å². The van der Waals surface area contributed by atoms with Gasteiger partial charge >= 0.3 is 5.97 Å². The zero-order valence-electron chi connectivity index (χ0n) is 19.2. The van der Waals surface area contributed by atoms with Gasteiger partial charge in [0.25, 0.3) is 11.8 Å². The third kappa shape index (κ3) is 4.67. The van der Waals surface area contributed by atoms with E-state index in [0.29, 0.717) is 5.69 Å². The highest BCUT2D eigenvalue weighted by molar-refractivity contribution is 6.22. The first kappa shape index (κ1) is 22.7. The van der Waals surface area contributed by atoms with Gasteiger partial charge in [0.05, 0.1) is 11.1 Å². The summed E-state index contributed by atoms with van der Waals surface area (Å²) in [7, 11) is 0. The standard InChI is InChI=1S/C26H28N2O5/c1-26(2,3)33-23(30)16-27(21-14-8-10-17-9-4-5-11-18(17)21)22(29)15-28-24(31)19-12-6-7-13-20(19)25(28)32/h6-8,10,12-14H,4-5,9,11,15-16H2,1-3H3. The summed E-state index contributed by atoms with van der Waals surface area (Å²) in [5, 5.41) is 0. The van der Waals surface area contributed by atoms with Crippen molar-refractivity contribution in [1.82, 2.24) is 4.90 Å². The fourth-order valence-corrected chi connectivity index (χ4v) is 4.43. The number of hydrogen-bond acceptors (Lipinski definition) is 5. The lowest BCUT2D eigenvalue weighted by molar-refractivity contribution is -0.153. The van der Waals surface area contributed by atoms with Crippen molar-refractivity contribution < 1.29 is 23.9 Å². The third-order valence-electron chi connectivity index (χ3n) is 5.84. The van der Waals surface area contributed by atoms with Crippen molar-refractivity contribution in [3.8, 4) is 0 Å². The van der Waals surface area contributed by atoms with Crippen molar-refractivity contribution in [2.75, 3.05) is 18.0 Å². The van der Waals surface area contributed by atoms with Gasteiger partial charge in [0.2, 0.25) is 5.91 Å². The number of imide groups is 1. The molecule has 2 aliphatic rings. The number of amides is 3. The van der Waals surface area contributed by atoms with Crippen molar-refractivity contribution in [2.24, 2.45) is 0 Å². The van der Waals surface area contributed by atoms with Gasteiger partial charge in [0.15, 0.2) is 0 Å². The number of benzene rings is 2. The summed E-state index contributed by atoms with van der Waals surface area (Å²) in [5.74, 6) is -2.06. The maximum atomic E-state index is 13.5. The number of esters is 1. The number of nitrogens with zero attached hydrogens (tertiary/aromatic N) is 2. The summed E-state index contributed by atoms with van der Waals surface area (Å²) in [6.07, 6.45) is 3.79. The Hall–Kier alpha value is -3.48. The van der Waals surface area contributed by atoms with Crippen molar-refractivity contribution in [1.29, 1.82) is 0 Å². The Kier molecular flexibility index (Phi) is 6.06. The van der Waals surface area contributed by atoms with Gasteiger partial charge in [-0.1, -0.05) is 24.3 Å². The van der Waals surface area contributed by atoms with Crippen LogP contribution in [0.1, 0.15) is 65.5 Å². The SMILES string of the molecule is CC(C)(C)OC(=O)CN(C(=O)CN1C(=O)c2ccccc2C1=O)c1cccc2c1CCCC2. The fourth-order valence-electron chi connectivity index (χ4n) is 4.43. The van der Waals surface area contributed by atoms with Crippen LogP contribution in [0.5, 0.6) is 0 Å². The fraction of sp³-hybridized carbons (Fsp3) is 0.385. The van der Waals surface area contributed by atoms with Gasteiger partial charge in [-0.15, -0.1) is 0 Å². The molecule has 4 rings (SSSR count). The van der Waals surface area contributed by atoms with E-state index in [9.17, 15) is 19.2 Å². The molecule has 0 N–H and O–H groups in total. The monoisotopic (exact) mass is 448 g/mol. The van der Waals surface area contributed by atoms with Crippen LogP contribution < -0.4 is 4.90 Å². The Morgan fingerprint density at radius 2 is 1.58 bits per heavy atom. The first-order valence-corrected chi connectivity index (χ1v) is 11.2. The van der Waals surface area contributed by atoms with E-state index in [1.807, 2.05) is 18.2 Å². The van der Waals surface area contributed by atoms with Crippen LogP contribution in [-0.2, 0) is 27.2 Å². The number of anilines is 1.